The highest BCUT2D eigenvalue weighted by Crippen LogP contribution is 2.25. The first-order chi connectivity index (χ1) is 12.7. The van der Waals surface area contributed by atoms with Crippen molar-refractivity contribution in [1.29, 1.82) is 0 Å². The molecule has 1 aromatic rings. The number of furan rings is 1. The number of ether oxygens (including phenoxy) is 1. The van der Waals surface area contributed by atoms with Crippen LogP contribution in [0.3, 0.4) is 0 Å². The number of carbonyl (C=O) groups is 2. The van der Waals surface area contributed by atoms with E-state index in [0.29, 0.717) is 13.2 Å². The highest BCUT2D eigenvalue weighted by Gasteiger charge is 2.35. The minimum Gasteiger partial charge on any atom is -0.468 e. The summed E-state index contributed by atoms with van der Waals surface area (Å²) in [4.78, 5) is 30.8. The van der Waals surface area contributed by atoms with Crippen LogP contribution in [0.25, 0.3) is 0 Å². The van der Waals surface area contributed by atoms with Gasteiger partial charge in [0.2, 0.25) is 5.91 Å². The predicted octanol–water partition coefficient (Wildman–Crippen LogP) is 1.93. The number of hydrogen-bond donors (Lipinski definition) is 0. The normalized spacial score (nSPS) is 25.5. The minimum atomic E-state index is -0.198. The molecule has 1 aromatic heterocycles. The highest BCUT2D eigenvalue weighted by molar-refractivity contribution is 5.79. The van der Waals surface area contributed by atoms with Crippen LogP contribution >= 0.6 is 0 Å². The number of nitrogens with zero attached hydrogens (tertiary/aromatic N) is 3. The first-order valence-electron chi connectivity index (χ1n) is 9.67. The van der Waals surface area contributed by atoms with E-state index in [2.05, 4.69) is 4.90 Å². The molecule has 2 amide bonds. The largest absolute Gasteiger partial charge is 0.468 e. The maximum atomic E-state index is 13.0. The molecule has 7 nitrogen and oxygen atoms in total. The van der Waals surface area contributed by atoms with Gasteiger partial charge in [0.25, 0.3) is 0 Å². The van der Waals surface area contributed by atoms with Crippen molar-refractivity contribution < 1.29 is 18.7 Å². The van der Waals surface area contributed by atoms with E-state index in [1.165, 1.54) is 0 Å². The molecule has 3 aliphatic rings. The second-order valence-corrected chi connectivity index (χ2v) is 7.52. The Bertz CT molecular complexity index is 625. The van der Waals surface area contributed by atoms with Crippen LogP contribution < -0.4 is 0 Å². The lowest BCUT2D eigenvalue weighted by Crippen LogP contribution is -2.50. The molecule has 3 saturated heterocycles. The molecule has 0 N–H and O–H groups in total. The van der Waals surface area contributed by atoms with Gasteiger partial charge in [0.15, 0.2) is 0 Å². The van der Waals surface area contributed by atoms with Crippen LogP contribution in [-0.4, -0.2) is 72.1 Å². The van der Waals surface area contributed by atoms with Gasteiger partial charge in [-0.15, -0.1) is 0 Å². The quantitative estimate of drug-likeness (QED) is 0.820. The molecule has 0 spiro atoms. The van der Waals surface area contributed by atoms with Gasteiger partial charge in [0.1, 0.15) is 12.4 Å². The Kier molecular flexibility index (Phi) is 5.15. The highest BCUT2D eigenvalue weighted by atomic mass is 16.6. The second-order valence-electron chi connectivity index (χ2n) is 7.52. The third-order valence-corrected chi connectivity index (χ3v) is 5.82. The molecule has 4 heterocycles. The van der Waals surface area contributed by atoms with E-state index in [1.54, 1.807) is 6.26 Å². The van der Waals surface area contributed by atoms with Crippen molar-refractivity contribution in [2.45, 2.75) is 38.3 Å². The van der Waals surface area contributed by atoms with E-state index in [1.807, 2.05) is 21.9 Å². The van der Waals surface area contributed by atoms with Crippen molar-refractivity contribution in [3.8, 4) is 0 Å². The first-order valence-corrected chi connectivity index (χ1v) is 9.67. The van der Waals surface area contributed by atoms with Gasteiger partial charge in [-0.1, -0.05) is 0 Å². The van der Waals surface area contributed by atoms with Crippen LogP contribution in [0.15, 0.2) is 22.8 Å². The summed E-state index contributed by atoms with van der Waals surface area (Å²) in [5.74, 6) is 1.31. The molecule has 7 heteroatoms. The summed E-state index contributed by atoms with van der Waals surface area (Å²) in [7, 11) is 0. The van der Waals surface area contributed by atoms with Gasteiger partial charge in [-0.25, -0.2) is 4.79 Å². The molecule has 26 heavy (non-hydrogen) atoms. The van der Waals surface area contributed by atoms with Crippen molar-refractivity contribution in [3.05, 3.63) is 24.2 Å². The molecule has 0 radical (unpaired) electrons. The maximum Gasteiger partial charge on any atom is 0.410 e. The number of hydrogen-bond acceptors (Lipinski definition) is 5. The minimum absolute atomic E-state index is 0.0759. The Morgan fingerprint density at radius 1 is 1.15 bits per heavy atom. The number of rotatable bonds is 4. The third-order valence-electron chi connectivity index (χ3n) is 5.82. The van der Waals surface area contributed by atoms with Crippen LogP contribution in [0, 0.1) is 5.92 Å². The van der Waals surface area contributed by atoms with Crippen molar-refractivity contribution in [1.82, 2.24) is 14.7 Å². The number of likely N-dealkylation sites (tertiary alicyclic amines) is 2. The summed E-state index contributed by atoms with van der Waals surface area (Å²) in [5.41, 5.74) is 0. The topological polar surface area (TPSA) is 66.2 Å². The van der Waals surface area contributed by atoms with Crippen molar-refractivity contribution in [3.63, 3.8) is 0 Å². The molecule has 3 fully saturated rings. The third kappa shape index (κ3) is 3.72. The number of amides is 2. The summed E-state index contributed by atoms with van der Waals surface area (Å²) in [6.07, 6.45) is 5.21. The van der Waals surface area contributed by atoms with Crippen molar-refractivity contribution >= 4 is 12.0 Å². The van der Waals surface area contributed by atoms with Gasteiger partial charge < -0.3 is 19.0 Å². The average molecular weight is 361 g/mol. The van der Waals surface area contributed by atoms with Crippen LogP contribution in [0.1, 0.15) is 31.4 Å². The summed E-state index contributed by atoms with van der Waals surface area (Å²) >= 11 is 0. The van der Waals surface area contributed by atoms with E-state index >= 15 is 0 Å². The fourth-order valence-corrected chi connectivity index (χ4v) is 4.42. The smallest absolute Gasteiger partial charge is 0.410 e. The van der Waals surface area contributed by atoms with Crippen LogP contribution in [0.2, 0.25) is 0 Å². The standard InChI is InChI=1S/C19H27N3O4/c23-18(15-3-1-7-20(13-15)14-17-4-2-11-25-17)21-8-5-16(6-9-21)22-10-12-26-19(22)24/h2,4,11,15-16H,1,3,5-10,12-14H2. The monoisotopic (exact) mass is 361 g/mol. The summed E-state index contributed by atoms with van der Waals surface area (Å²) < 4.78 is 10.5. The number of cyclic esters (lactones) is 1. The Balaban J connectivity index is 1.28. The number of carbonyl (C=O) groups excluding carboxylic acids is 2. The predicted molar refractivity (Wildman–Crippen MR) is 94.4 cm³/mol. The molecule has 3 aliphatic heterocycles. The van der Waals surface area contributed by atoms with Crippen LogP contribution in [-0.2, 0) is 16.1 Å². The van der Waals surface area contributed by atoms with Crippen LogP contribution in [0.5, 0.6) is 0 Å². The van der Waals surface area contributed by atoms with Gasteiger partial charge in [-0.3, -0.25) is 9.69 Å². The molecule has 0 bridgehead atoms. The summed E-state index contributed by atoms with van der Waals surface area (Å²) in [6, 6.07) is 4.11. The molecule has 0 aromatic carbocycles. The fraction of sp³-hybridized carbons (Fsp3) is 0.684. The summed E-state index contributed by atoms with van der Waals surface area (Å²) in [6.45, 7) is 5.24. The molecule has 142 valence electrons. The Labute approximate surface area is 153 Å². The zero-order valence-corrected chi connectivity index (χ0v) is 15.1. The van der Waals surface area contributed by atoms with Gasteiger partial charge in [-0.2, -0.15) is 0 Å². The fourth-order valence-electron chi connectivity index (χ4n) is 4.42. The average Bonchev–Trinajstić information content (AvgIpc) is 3.33. The van der Waals surface area contributed by atoms with E-state index in [0.717, 1.165) is 64.2 Å². The van der Waals surface area contributed by atoms with E-state index < -0.39 is 0 Å². The molecule has 0 saturated carbocycles. The van der Waals surface area contributed by atoms with E-state index in [4.69, 9.17) is 9.15 Å². The van der Waals surface area contributed by atoms with Crippen LogP contribution in [0.4, 0.5) is 4.79 Å². The Hall–Kier alpha value is -2.02. The molecule has 0 aliphatic carbocycles. The van der Waals surface area contributed by atoms with Gasteiger partial charge in [-0.05, 0) is 44.4 Å². The van der Waals surface area contributed by atoms with E-state index in [-0.39, 0.29) is 24.0 Å². The van der Waals surface area contributed by atoms with Crippen molar-refractivity contribution in [2.24, 2.45) is 5.92 Å². The van der Waals surface area contributed by atoms with Gasteiger partial charge in [0, 0.05) is 25.7 Å². The summed E-state index contributed by atoms with van der Waals surface area (Å²) in [5, 5.41) is 0. The molecule has 1 unspecified atom stereocenters. The molecule has 4 rings (SSSR count). The second kappa shape index (κ2) is 7.70. The lowest BCUT2D eigenvalue weighted by atomic mass is 9.94. The van der Waals surface area contributed by atoms with Gasteiger partial charge >= 0.3 is 6.09 Å². The maximum absolute atomic E-state index is 13.0. The zero-order chi connectivity index (χ0) is 17.9. The zero-order valence-electron chi connectivity index (χ0n) is 15.1. The molecular formula is C19H27N3O4. The van der Waals surface area contributed by atoms with Gasteiger partial charge in [0.05, 0.1) is 25.3 Å². The lowest BCUT2D eigenvalue weighted by molar-refractivity contribution is -0.138. The Morgan fingerprint density at radius 3 is 2.69 bits per heavy atom. The Morgan fingerprint density at radius 2 is 2.00 bits per heavy atom. The molecule has 1 atom stereocenters. The van der Waals surface area contributed by atoms with Crippen molar-refractivity contribution in [2.75, 3.05) is 39.3 Å². The van der Waals surface area contributed by atoms with E-state index in [9.17, 15) is 9.59 Å². The SMILES string of the molecule is O=C(C1CCCN(Cc2ccco2)C1)N1CCC(N2CCOC2=O)CC1. The molecular weight excluding hydrogens is 334 g/mol. The number of piperidine rings is 2. The lowest BCUT2D eigenvalue weighted by Gasteiger charge is -2.39. The first kappa shape index (κ1) is 17.4.